The largest absolute Gasteiger partial charge is 0.497 e. The van der Waals surface area contributed by atoms with Crippen molar-refractivity contribution in [3.63, 3.8) is 0 Å². The molecule has 10 heteroatoms. The SMILES string of the molecule is CCOC(=O)N1C[C@H](OCC)[C@H](Nc2c(CC)nc(-c3ccc(OC)cc3Cl)c(=O)n2C)C1. The molecule has 0 spiro atoms. The van der Waals surface area contributed by atoms with E-state index in [0.717, 1.165) is 0 Å². The van der Waals surface area contributed by atoms with Gasteiger partial charge < -0.3 is 24.4 Å². The van der Waals surface area contributed by atoms with E-state index in [2.05, 4.69) is 10.3 Å². The highest BCUT2D eigenvalue weighted by Crippen LogP contribution is 2.30. The predicted octanol–water partition coefficient (Wildman–Crippen LogP) is 3.33. The van der Waals surface area contributed by atoms with Gasteiger partial charge in [-0.3, -0.25) is 9.36 Å². The quantitative estimate of drug-likeness (QED) is 0.621. The van der Waals surface area contributed by atoms with Crippen LogP contribution in [0.2, 0.25) is 5.02 Å². The molecule has 2 aromatic rings. The van der Waals surface area contributed by atoms with Gasteiger partial charge in [0.05, 0.1) is 43.1 Å². The van der Waals surface area contributed by atoms with E-state index in [-0.39, 0.29) is 29.5 Å². The first kappa shape index (κ1) is 24.9. The highest BCUT2D eigenvalue weighted by molar-refractivity contribution is 6.33. The Morgan fingerprint density at radius 1 is 1.24 bits per heavy atom. The summed E-state index contributed by atoms with van der Waals surface area (Å²) in [6.45, 7) is 7.27. The van der Waals surface area contributed by atoms with Gasteiger partial charge in [0, 0.05) is 25.8 Å². The minimum Gasteiger partial charge on any atom is -0.497 e. The molecule has 2 atom stereocenters. The second-order valence-electron chi connectivity index (χ2n) is 7.67. The van der Waals surface area contributed by atoms with Crippen LogP contribution in [0.5, 0.6) is 5.75 Å². The van der Waals surface area contributed by atoms with Crippen LogP contribution < -0.4 is 15.6 Å². The van der Waals surface area contributed by atoms with Crippen molar-refractivity contribution >= 4 is 23.5 Å². The molecule has 3 rings (SSSR count). The number of aryl methyl sites for hydroxylation is 1. The zero-order chi connectivity index (χ0) is 24.1. The van der Waals surface area contributed by atoms with Crippen LogP contribution in [0.15, 0.2) is 23.0 Å². The van der Waals surface area contributed by atoms with Crippen LogP contribution in [0.25, 0.3) is 11.3 Å². The number of benzene rings is 1. The van der Waals surface area contributed by atoms with Crippen LogP contribution in [0.3, 0.4) is 0 Å². The molecule has 1 aliphatic rings. The van der Waals surface area contributed by atoms with Gasteiger partial charge in [-0.1, -0.05) is 18.5 Å². The van der Waals surface area contributed by atoms with Gasteiger partial charge in [0.15, 0.2) is 0 Å². The summed E-state index contributed by atoms with van der Waals surface area (Å²) < 4.78 is 17.8. The molecule has 1 aromatic carbocycles. The van der Waals surface area contributed by atoms with Gasteiger partial charge in [0.1, 0.15) is 17.3 Å². The summed E-state index contributed by atoms with van der Waals surface area (Å²) in [6.07, 6.45) is -0.0289. The fourth-order valence-corrected chi connectivity index (χ4v) is 4.20. The van der Waals surface area contributed by atoms with Gasteiger partial charge >= 0.3 is 6.09 Å². The monoisotopic (exact) mass is 478 g/mol. The number of hydrogen-bond donors (Lipinski definition) is 1. The number of methoxy groups -OCH3 is 1. The molecular formula is C23H31ClN4O5. The molecule has 1 aliphatic heterocycles. The maximum atomic E-state index is 13.3. The number of nitrogens with one attached hydrogen (secondary N) is 1. The maximum Gasteiger partial charge on any atom is 0.409 e. The van der Waals surface area contributed by atoms with E-state index in [9.17, 15) is 9.59 Å². The number of carbonyl (C=O) groups excluding carboxylic acids is 1. The van der Waals surface area contributed by atoms with Crippen LogP contribution >= 0.6 is 11.6 Å². The number of likely N-dealkylation sites (tertiary alicyclic amines) is 1. The molecule has 0 bridgehead atoms. The highest BCUT2D eigenvalue weighted by atomic mass is 35.5. The third kappa shape index (κ3) is 5.25. The lowest BCUT2D eigenvalue weighted by Gasteiger charge is -2.24. The fourth-order valence-electron chi connectivity index (χ4n) is 3.94. The average molecular weight is 479 g/mol. The van der Waals surface area contributed by atoms with Crippen molar-refractivity contribution in [1.29, 1.82) is 0 Å². The van der Waals surface area contributed by atoms with Crippen molar-refractivity contribution in [3.8, 4) is 17.0 Å². The first-order chi connectivity index (χ1) is 15.8. The van der Waals surface area contributed by atoms with E-state index in [1.165, 1.54) is 4.57 Å². The Balaban J connectivity index is 1.96. The zero-order valence-electron chi connectivity index (χ0n) is 19.7. The van der Waals surface area contributed by atoms with Crippen molar-refractivity contribution in [2.24, 2.45) is 7.05 Å². The van der Waals surface area contributed by atoms with Gasteiger partial charge in [0.25, 0.3) is 5.56 Å². The van der Waals surface area contributed by atoms with Gasteiger partial charge in [-0.05, 0) is 38.5 Å². The van der Waals surface area contributed by atoms with Crippen molar-refractivity contribution < 1.29 is 19.0 Å². The molecule has 0 unspecified atom stereocenters. The standard InChI is InChI=1S/C23H31ClN4O5/c1-6-17-21(26-18-12-28(23(30)33-8-3)13-19(18)32-7-2)27(4)22(29)20(25-17)15-10-9-14(31-5)11-16(15)24/h9-11,18-19,26H,6-8,12-13H2,1-5H3/t18-,19+/m1/s1. The number of hydrogen-bond acceptors (Lipinski definition) is 7. The molecule has 0 saturated carbocycles. The van der Waals surface area contributed by atoms with Crippen LogP contribution in [0.1, 0.15) is 26.5 Å². The van der Waals surface area contributed by atoms with Crippen molar-refractivity contribution in [2.45, 2.75) is 39.3 Å². The first-order valence-electron chi connectivity index (χ1n) is 11.1. The van der Waals surface area contributed by atoms with Crippen molar-refractivity contribution in [1.82, 2.24) is 14.5 Å². The fraction of sp³-hybridized carbons (Fsp3) is 0.522. The van der Waals surface area contributed by atoms with Gasteiger partial charge in [0.2, 0.25) is 0 Å². The Labute approximate surface area is 198 Å². The van der Waals surface area contributed by atoms with E-state index >= 15 is 0 Å². The predicted molar refractivity (Wildman–Crippen MR) is 127 cm³/mol. The Kier molecular flexibility index (Phi) is 8.20. The van der Waals surface area contributed by atoms with Crippen LogP contribution in [0, 0.1) is 0 Å². The number of amides is 1. The van der Waals surface area contributed by atoms with E-state index in [1.807, 2.05) is 13.8 Å². The normalized spacial score (nSPS) is 17.8. The Bertz CT molecular complexity index is 1060. The number of aromatic nitrogens is 2. The third-order valence-corrected chi connectivity index (χ3v) is 5.94. The molecule has 1 fully saturated rings. The Hall–Kier alpha value is -2.78. The average Bonchev–Trinajstić information content (AvgIpc) is 3.20. The van der Waals surface area contributed by atoms with E-state index < -0.39 is 0 Å². The number of rotatable bonds is 8. The van der Waals surface area contributed by atoms with Crippen molar-refractivity contribution in [2.75, 3.05) is 38.7 Å². The molecule has 1 aromatic heterocycles. The maximum absolute atomic E-state index is 13.3. The van der Waals surface area contributed by atoms with Gasteiger partial charge in [-0.15, -0.1) is 0 Å². The van der Waals surface area contributed by atoms with Gasteiger partial charge in [-0.2, -0.15) is 0 Å². The second-order valence-corrected chi connectivity index (χ2v) is 8.07. The minimum absolute atomic E-state index is 0.220. The lowest BCUT2D eigenvalue weighted by molar-refractivity contribution is 0.0596. The minimum atomic E-state index is -0.376. The third-order valence-electron chi connectivity index (χ3n) is 5.62. The number of anilines is 1. The van der Waals surface area contributed by atoms with E-state index in [4.69, 9.17) is 25.8 Å². The number of halogens is 1. The highest BCUT2D eigenvalue weighted by Gasteiger charge is 2.37. The summed E-state index contributed by atoms with van der Waals surface area (Å²) in [4.78, 5) is 31.8. The number of nitrogens with zero attached hydrogens (tertiary/aromatic N) is 3. The molecular weight excluding hydrogens is 448 g/mol. The van der Waals surface area contributed by atoms with E-state index in [0.29, 0.717) is 60.6 Å². The molecule has 0 aliphatic carbocycles. The van der Waals surface area contributed by atoms with Gasteiger partial charge in [-0.25, -0.2) is 9.78 Å². The molecule has 1 amide bonds. The Morgan fingerprint density at radius 3 is 2.61 bits per heavy atom. The summed E-state index contributed by atoms with van der Waals surface area (Å²) in [7, 11) is 3.25. The topological polar surface area (TPSA) is 94.9 Å². The second kappa shape index (κ2) is 10.9. The molecule has 0 radical (unpaired) electrons. The molecule has 33 heavy (non-hydrogen) atoms. The summed E-state index contributed by atoms with van der Waals surface area (Å²) in [6, 6.07) is 4.92. The van der Waals surface area contributed by atoms with E-state index in [1.54, 1.807) is 44.2 Å². The van der Waals surface area contributed by atoms with Crippen LogP contribution in [0.4, 0.5) is 10.6 Å². The summed E-state index contributed by atoms with van der Waals surface area (Å²) >= 11 is 6.42. The summed E-state index contributed by atoms with van der Waals surface area (Å²) in [5.41, 5.74) is 1.24. The molecule has 180 valence electrons. The number of ether oxygens (including phenoxy) is 3. The van der Waals surface area contributed by atoms with Crippen molar-refractivity contribution in [3.05, 3.63) is 39.3 Å². The van der Waals surface area contributed by atoms with Crippen LogP contribution in [-0.4, -0.2) is 66.1 Å². The summed E-state index contributed by atoms with van der Waals surface area (Å²) in [5, 5.41) is 3.80. The Morgan fingerprint density at radius 2 is 2.00 bits per heavy atom. The smallest absolute Gasteiger partial charge is 0.409 e. The van der Waals surface area contributed by atoms with Crippen LogP contribution in [-0.2, 0) is 22.9 Å². The molecule has 1 saturated heterocycles. The lowest BCUT2D eigenvalue weighted by Crippen LogP contribution is -2.37. The lowest BCUT2D eigenvalue weighted by atomic mass is 10.1. The molecule has 2 heterocycles. The zero-order valence-corrected chi connectivity index (χ0v) is 20.4. The summed E-state index contributed by atoms with van der Waals surface area (Å²) in [5.74, 6) is 1.19. The number of carbonyl (C=O) groups is 1. The molecule has 1 N–H and O–H groups in total. The first-order valence-corrected chi connectivity index (χ1v) is 11.5. The molecule has 9 nitrogen and oxygen atoms in total.